The maximum Gasteiger partial charge on any atom is 0.323 e. The van der Waals surface area contributed by atoms with Crippen molar-refractivity contribution in [1.82, 2.24) is 5.32 Å². The van der Waals surface area contributed by atoms with E-state index in [-0.39, 0.29) is 12.4 Å². The first-order chi connectivity index (χ1) is 17.0. The zero-order valence-corrected chi connectivity index (χ0v) is 22.1. The Kier molecular flexibility index (Phi) is 8.36. The second kappa shape index (κ2) is 11.1. The lowest BCUT2D eigenvalue weighted by Crippen LogP contribution is -2.55. The molecule has 3 rings (SSSR count). The lowest BCUT2D eigenvalue weighted by atomic mass is 9.75. The van der Waals surface area contributed by atoms with E-state index in [1.807, 2.05) is 112 Å². The maximum atomic E-state index is 13.7. The van der Waals surface area contributed by atoms with Gasteiger partial charge in [-0.25, -0.2) is 0 Å². The first-order valence-electron chi connectivity index (χ1n) is 12.3. The smallest absolute Gasteiger partial charge is 0.323 e. The summed E-state index contributed by atoms with van der Waals surface area (Å²) >= 11 is 0. The van der Waals surface area contributed by atoms with Crippen LogP contribution in [0.25, 0.3) is 0 Å². The van der Waals surface area contributed by atoms with Crippen molar-refractivity contribution in [3.8, 4) is 0 Å². The zero-order valence-electron chi connectivity index (χ0n) is 22.1. The molecular weight excluding hydrogens is 450 g/mol. The highest BCUT2D eigenvalue weighted by Crippen LogP contribution is 2.39. The van der Waals surface area contributed by atoms with Gasteiger partial charge in [0.1, 0.15) is 11.6 Å². The van der Waals surface area contributed by atoms with Gasteiger partial charge in [0, 0.05) is 0 Å². The molecule has 5 nitrogen and oxygen atoms in total. The van der Waals surface area contributed by atoms with Crippen LogP contribution in [0, 0.1) is 5.41 Å². The van der Waals surface area contributed by atoms with Crippen LogP contribution < -0.4 is 5.32 Å². The van der Waals surface area contributed by atoms with E-state index in [1.54, 1.807) is 13.8 Å². The van der Waals surface area contributed by atoms with Crippen molar-refractivity contribution in [2.75, 3.05) is 7.11 Å². The Bertz CT molecular complexity index is 1040. The summed E-state index contributed by atoms with van der Waals surface area (Å²) in [4.78, 5) is 26.3. The molecule has 36 heavy (non-hydrogen) atoms. The van der Waals surface area contributed by atoms with Gasteiger partial charge in [-0.15, -0.1) is 0 Å². The minimum absolute atomic E-state index is 0.183. The molecule has 0 aliphatic heterocycles. The van der Waals surface area contributed by atoms with Crippen LogP contribution in [0.15, 0.2) is 91.0 Å². The average molecular weight is 488 g/mol. The number of ether oxygens (including phenoxy) is 2. The Labute approximate surface area is 214 Å². The van der Waals surface area contributed by atoms with Gasteiger partial charge in [0.15, 0.2) is 0 Å². The van der Waals surface area contributed by atoms with E-state index >= 15 is 0 Å². The normalized spacial score (nSPS) is 13.1. The largest absolute Gasteiger partial charge is 0.469 e. The molecule has 0 fully saturated rings. The summed E-state index contributed by atoms with van der Waals surface area (Å²) in [7, 11) is 1.36. The molecule has 3 aromatic rings. The molecule has 0 radical (unpaired) electrons. The van der Waals surface area contributed by atoms with Crippen molar-refractivity contribution in [2.24, 2.45) is 5.41 Å². The fraction of sp³-hybridized carbons (Fsp3) is 0.355. The highest BCUT2D eigenvalue weighted by atomic mass is 16.6. The molecule has 0 aliphatic carbocycles. The Balaban J connectivity index is 2.25. The van der Waals surface area contributed by atoms with E-state index in [0.717, 1.165) is 16.7 Å². The Morgan fingerprint density at radius 2 is 1.11 bits per heavy atom. The van der Waals surface area contributed by atoms with Gasteiger partial charge < -0.3 is 9.47 Å². The fourth-order valence-electron chi connectivity index (χ4n) is 4.51. The fourth-order valence-corrected chi connectivity index (χ4v) is 4.51. The standard InChI is InChI=1S/C31H37NO4/c1-29(2,3)36-27(33)26(22-30(4,5)28(34)35-6)32-31(23-16-10-7-11-17-23,24-18-12-8-13-19-24)25-20-14-9-15-21-25/h7-21,26,32H,22H2,1-6H3/t26-/m0/s1. The van der Waals surface area contributed by atoms with Crippen molar-refractivity contribution in [1.29, 1.82) is 0 Å². The van der Waals surface area contributed by atoms with Gasteiger partial charge in [-0.05, 0) is 57.7 Å². The van der Waals surface area contributed by atoms with Crippen LogP contribution in [0.4, 0.5) is 0 Å². The lowest BCUT2D eigenvalue weighted by Gasteiger charge is -2.41. The van der Waals surface area contributed by atoms with Crippen LogP contribution in [0.5, 0.6) is 0 Å². The van der Waals surface area contributed by atoms with E-state index in [2.05, 4.69) is 5.32 Å². The topological polar surface area (TPSA) is 64.6 Å². The number of nitrogens with one attached hydrogen (secondary N) is 1. The van der Waals surface area contributed by atoms with Crippen LogP contribution in [0.1, 0.15) is 57.7 Å². The van der Waals surface area contributed by atoms with Gasteiger partial charge in [0.25, 0.3) is 0 Å². The third-order valence-electron chi connectivity index (χ3n) is 6.15. The van der Waals surface area contributed by atoms with Gasteiger partial charge in [-0.3, -0.25) is 14.9 Å². The molecule has 5 heteroatoms. The molecule has 1 atom stereocenters. The minimum Gasteiger partial charge on any atom is -0.469 e. The zero-order chi connectivity index (χ0) is 26.4. The summed E-state index contributed by atoms with van der Waals surface area (Å²) in [6.45, 7) is 9.09. The number of rotatable bonds is 9. The summed E-state index contributed by atoms with van der Waals surface area (Å²) in [5, 5.41) is 3.69. The lowest BCUT2D eigenvalue weighted by molar-refractivity contribution is -0.160. The Hall–Kier alpha value is -3.44. The molecule has 0 aliphatic rings. The first-order valence-corrected chi connectivity index (χ1v) is 12.3. The molecule has 1 N–H and O–H groups in total. The van der Waals surface area contributed by atoms with Crippen molar-refractivity contribution < 1.29 is 19.1 Å². The summed E-state index contributed by atoms with van der Waals surface area (Å²) in [6, 6.07) is 29.3. The van der Waals surface area contributed by atoms with Gasteiger partial charge in [-0.1, -0.05) is 91.0 Å². The summed E-state index contributed by atoms with van der Waals surface area (Å²) in [5.74, 6) is -0.811. The number of carbonyl (C=O) groups is 2. The van der Waals surface area contributed by atoms with Crippen LogP contribution >= 0.6 is 0 Å². The quantitative estimate of drug-likeness (QED) is 0.302. The van der Waals surface area contributed by atoms with Crippen molar-refractivity contribution in [3.63, 3.8) is 0 Å². The number of methoxy groups -OCH3 is 1. The Morgan fingerprint density at radius 3 is 1.44 bits per heavy atom. The highest BCUT2D eigenvalue weighted by Gasteiger charge is 2.44. The molecule has 0 amide bonds. The van der Waals surface area contributed by atoms with E-state index < -0.39 is 28.6 Å². The second-order valence-corrected chi connectivity index (χ2v) is 10.7. The second-order valence-electron chi connectivity index (χ2n) is 10.7. The first kappa shape index (κ1) is 27.2. The predicted molar refractivity (Wildman–Crippen MR) is 142 cm³/mol. The molecule has 3 aromatic carbocycles. The highest BCUT2D eigenvalue weighted by molar-refractivity contribution is 5.80. The van der Waals surface area contributed by atoms with Crippen molar-refractivity contribution in [3.05, 3.63) is 108 Å². The van der Waals surface area contributed by atoms with Crippen LogP contribution in [-0.2, 0) is 24.6 Å². The summed E-state index contributed by atoms with van der Waals surface area (Å²) in [5.41, 5.74) is 0.378. The van der Waals surface area contributed by atoms with Crippen LogP contribution in [-0.4, -0.2) is 30.7 Å². The van der Waals surface area contributed by atoms with E-state index in [9.17, 15) is 9.59 Å². The molecule has 0 bridgehead atoms. The number of esters is 2. The molecule has 0 heterocycles. The van der Waals surface area contributed by atoms with Crippen LogP contribution in [0.2, 0.25) is 0 Å². The Morgan fingerprint density at radius 1 is 0.722 bits per heavy atom. The number of hydrogen-bond acceptors (Lipinski definition) is 5. The van der Waals surface area contributed by atoms with E-state index in [0.29, 0.717) is 0 Å². The number of benzene rings is 3. The van der Waals surface area contributed by atoms with Gasteiger partial charge in [0.05, 0.1) is 18.1 Å². The van der Waals surface area contributed by atoms with Gasteiger partial charge in [0.2, 0.25) is 0 Å². The maximum absolute atomic E-state index is 13.7. The monoisotopic (exact) mass is 487 g/mol. The van der Waals surface area contributed by atoms with E-state index in [4.69, 9.17) is 9.47 Å². The third-order valence-corrected chi connectivity index (χ3v) is 6.15. The molecule has 0 aromatic heterocycles. The van der Waals surface area contributed by atoms with Crippen molar-refractivity contribution >= 4 is 11.9 Å². The molecule has 0 spiro atoms. The number of hydrogen-bond donors (Lipinski definition) is 1. The summed E-state index contributed by atoms with van der Waals surface area (Å²) in [6.07, 6.45) is 0.183. The van der Waals surface area contributed by atoms with Crippen molar-refractivity contribution in [2.45, 2.75) is 58.2 Å². The molecule has 190 valence electrons. The van der Waals surface area contributed by atoms with E-state index in [1.165, 1.54) is 7.11 Å². The minimum atomic E-state index is -0.931. The molecule has 0 saturated carbocycles. The van der Waals surface area contributed by atoms with Gasteiger partial charge in [-0.2, -0.15) is 0 Å². The SMILES string of the molecule is COC(=O)C(C)(C)C[C@H](NC(c1ccccc1)(c1ccccc1)c1ccccc1)C(=O)OC(C)(C)C. The molecule has 0 saturated heterocycles. The average Bonchev–Trinajstić information content (AvgIpc) is 2.86. The summed E-state index contributed by atoms with van der Waals surface area (Å²) < 4.78 is 10.9. The third kappa shape index (κ3) is 6.21. The van der Waals surface area contributed by atoms with Crippen LogP contribution in [0.3, 0.4) is 0 Å². The predicted octanol–water partition coefficient (Wildman–Crippen LogP) is 5.87. The van der Waals surface area contributed by atoms with Gasteiger partial charge >= 0.3 is 11.9 Å². The number of carbonyl (C=O) groups excluding carboxylic acids is 2. The molecule has 0 unspecified atom stereocenters. The molecular formula is C31H37NO4.